The number of aromatic nitrogens is 3. The maximum Gasteiger partial charge on any atom is 0.222 e. The largest absolute Gasteiger partial charge is 0.468 e. The molecule has 0 radical (unpaired) electrons. The lowest BCUT2D eigenvalue weighted by Crippen LogP contribution is -2.30. The zero-order chi connectivity index (χ0) is 17.6. The highest BCUT2D eigenvalue weighted by atomic mass is 16.5. The number of carbonyl (C=O) groups excluding carboxylic acids is 1. The van der Waals surface area contributed by atoms with E-state index < -0.39 is 0 Å². The number of nitrogens with zero attached hydrogens (tertiary/aromatic N) is 4. The van der Waals surface area contributed by atoms with E-state index in [1.54, 1.807) is 13.4 Å². The minimum absolute atomic E-state index is 0.0419. The molecular weight excluding hydrogens is 322 g/mol. The van der Waals surface area contributed by atoms with Gasteiger partial charge in [0, 0.05) is 39.6 Å². The molecule has 1 atom stereocenters. The lowest BCUT2D eigenvalue weighted by atomic mass is 10.3. The Morgan fingerprint density at radius 3 is 3.04 bits per heavy atom. The van der Waals surface area contributed by atoms with Gasteiger partial charge in [0.1, 0.15) is 11.6 Å². The molecule has 1 aliphatic heterocycles. The van der Waals surface area contributed by atoms with E-state index in [1.807, 2.05) is 19.1 Å². The van der Waals surface area contributed by atoms with Crippen LogP contribution in [-0.2, 0) is 29.0 Å². The van der Waals surface area contributed by atoms with Crippen molar-refractivity contribution >= 4 is 5.91 Å². The van der Waals surface area contributed by atoms with E-state index in [4.69, 9.17) is 9.15 Å². The van der Waals surface area contributed by atoms with Gasteiger partial charge in [-0.05, 0) is 19.1 Å². The van der Waals surface area contributed by atoms with Gasteiger partial charge in [0.2, 0.25) is 5.91 Å². The SMILES string of the molecule is COCCC(=O)NC(C)c1nnc2n1CCN(Cc1ccco1)CC2. The van der Waals surface area contributed by atoms with Gasteiger partial charge >= 0.3 is 0 Å². The van der Waals surface area contributed by atoms with Gasteiger partial charge in [0.15, 0.2) is 5.82 Å². The highest BCUT2D eigenvalue weighted by Crippen LogP contribution is 2.17. The van der Waals surface area contributed by atoms with Crippen LogP contribution in [0.4, 0.5) is 0 Å². The summed E-state index contributed by atoms with van der Waals surface area (Å²) < 4.78 is 12.5. The first-order valence-electron chi connectivity index (χ1n) is 8.62. The second-order valence-corrected chi connectivity index (χ2v) is 6.26. The topological polar surface area (TPSA) is 85.4 Å². The Bertz CT molecular complexity index is 683. The molecule has 0 saturated heterocycles. The molecule has 0 aromatic carbocycles. The molecule has 0 spiro atoms. The van der Waals surface area contributed by atoms with Crippen LogP contribution in [0.1, 0.15) is 36.8 Å². The van der Waals surface area contributed by atoms with E-state index >= 15 is 0 Å². The molecule has 1 amide bonds. The van der Waals surface area contributed by atoms with Crippen molar-refractivity contribution < 1.29 is 13.9 Å². The molecule has 1 aliphatic rings. The summed E-state index contributed by atoms with van der Waals surface area (Å²) in [6, 6.07) is 3.73. The van der Waals surface area contributed by atoms with Gasteiger partial charge in [-0.1, -0.05) is 0 Å². The van der Waals surface area contributed by atoms with E-state index in [1.165, 1.54) is 0 Å². The number of rotatable bonds is 7. The molecule has 0 fully saturated rings. The monoisotopic (exact) mass is 347 g/mol. The first kappa shape index (κ1) is 17.6. The van der Waals surface area contributed by atoms with Crippen molar-refractivity contribution in [2.24, 2.45) is 0 Å². The Morgan fingerprint density at radius 1 is 1.40 bits per heavy atom. The molecule has 2 aromatic heterocycles. The molecule has 0 aliphatic carbocycles. The number of fused-ring (bicyclic) bond motifs is 1. The van der Waals surface area contributed by atoms with Gasteiger partial charge in [-0.15, -0.1) is 10.2 Å². The van der Waals surface area contributed by atoms with Crippen LogP contribution in [0.15, 0.2) is 22.8 Å². The minimum Gasteiger partial charge on any atom is -0.468 e. The zero-order valence-electron chi connectivity index (χ0n) is 14.8. The van der Waals surface area contributed by atoms with Crippen LogP contribution in [0.5, 0.6) is 0 Å². The summed E-state index contributed by atoms with van der Waals surface area (Å²) >= 11 is 0. The van der Waals surface area contributed by atoms with Gasteiger partial charge in [0.05, 0.1) is 25.5 Å². The number of nitrogens with one attached hydrogen (secondary N) is 1. The Morgan fingerprint density at radius 2 is 2.28 bits per heavy atom. The smallest absolute Gasteiger partial charge is 0.222 e. The van der Waals surface area contributed by atoms with Crippen molar-refractivity contribution in [3.63, 3.8) is 0 Å². The average molecular weight is 347 g/mol. The van der Waals surface area contributed by atoms with Crippen molar-refractivity contribution in [3.8, 4) is 0 Å². The Hall–Kier alpha value is -2.19. The molecule has 2 aromatic rings. The highest BCUT2D eigenvalue weighted by Gasteiger charge is 2.23. The lowest BCUT2D eigenvalue weighted by Gasteiger charge is -2.19. The van der Waals surface area contributed by atoms with E-state index in [-0.39, 0.29) is 11.9 Å². The number of amides is 1. The summed E-state index contributed by atoms with van der Waals surface area (Å²) in [5.74, 6) is 2.70. The molecular formula is C17H25N5O3. The third-order valence-corrected chi connectivity index (χ3v) is 4.41. The van der Waals surface area contributed by atoms with Gasteiger partial charge in [-0.25, -0.2) is 0 Å². The summed E-state index contributed by atoms with van der Waals surface area (Å²) in [5.41, 5.74) is 0. The quantitative estimate of drug-likeness (QED) is 0.808. The molecule has 25 heavy (non-hydrogen) atoms. The first-order valence-corrected chi connectivity index (χ1v) is 8.62. The van der Waals surface area contributed by atoms with Crippen LogP contribution in [0.25, 0.3) is 0 Å². The molecule has 1 unspecified atom stereocenters. The number of hydrogen-bond donors (Lipinski definition) is 1. The van der Waals surface area contributed by atoms with Crippen LogP contribution in [0, 0.1) is 0 Å². The van der Waals surface area contributed by atoms with Crippen LogP contribution < -0.4 is 5.32 Å². The Kier molecular flexibility index (Phi) is 5.83. The highest BCUT2D eigenvalue weighted by molar-refractivity contribution is 5.76. The molecule has 8 heteroatoms. The number of furan rings is 1. The fourth-order valence-electron chi connectivity index (χ4n) is 3.06. The molecule has 3 heterocycles. The van der Waals surface area contributed by atoms with Crippen molar-refractivity contribution in [2.45, 2.75) is 38.9 Å². The third-order valence-electron chi connectivity index (χ3n) is 4.41. The van der Waals surface area contributed by atoms with Crippen molar-refractivity contribution in [3.05, 3.63) is 35.8 Å². The predicted octanol–water partition coefficient (Wildman–Crippen LogP) is 1.14. The summed E-state index contributed by atoms with van der Waals surface area (Å²) in [6.07, 6.45) is 2.88. The van der Waals surface area contributed by atoms with Crippen molar-refractivity contribution in [1.82, 2.24) is 25.0 Å². The van der Waals surface area contributed by atoms with E-state index in [2.05, 4.69) is 25.0 Å². The van der Waals surface area contributed by atoms with Gasteiger partial charge < -0.3 is 19.0 Å². The number of methoxy groups -OCH3 is 1. The molecule has 1 N–H and O–H groups in total. The predicted molar refractivity (Wildman–Crippen MR) is 90.8 cm³/mol. The number of carbonyl (C=O) groups is 1. The average Bonchev–Trinajstić information content (AvgIpc) is 3.21. The maximum atomic E-state index is 11.9. The third kappa shape index (κ3) is 4.46. The van der Waals surface area contributed by atoms with Gasteiger partial charge in [-0.3, -0.25) is 9.69 Å². The van der Waals surface area contributed by atoms with Crippen LogP contribution in [0.2, 0.25) is 0 Å². The Balaban J connectivity index is 1.61. The number of hydrogen-bond acceptors (Lipinski definition) is 6. The van der Waals surface area contributed by atoms with Gasteiger partial charge in [0.25, 0.3) is 0 Å². The molecule has 0 saturated carbocycles. The molecule has 0 bridgehead atoms. The van der Waals surface area contributed by atoms with Crippen LogP contribution in [-0.4, -0.2) is 52.4 Å². The second-order valence-electron chi connectivity index (χ2n) is 6.26. The van der Waals surface area contributed by atoms with Crippen LogP contribution >= 0.6 is 0 Å². The lowest BCUT2D eigenvalue weighted by molar-refractivity contribution is -0.122. The molecule has 3 rings (SSSR count). The fourth-order valence-corrected chi connectivity index (χ4v) is 3.06. The number of ether oxygens (including phenoxy) is 1. The first-order chi connectivity index (χ1) is 12.2. The molecule has 136 valence electrons. The minimum atomic E-state index is -0.178. The summed E-state index contributed by atoms with van der Waals surface area (Å²) in [7, 11) is 1.59. The van der Waals surface area contributed by atoms with E-state index in [9.17, 15) is 4.79 Å². The van der Waals surface area contributed by atoms with E-state index in [0.29, 0.717) is 13.0 Å². The summed E-state index contributed by atoms with van der Waals surface area (Å²) in [6.45, 7) is 5.75. The molecule has 8 nitrogen and oxygen atoms in total. The van der Waals surface area contributed by atoms with Crippen molar-refractivity contribution in [2.75, 3.05) is 26.8 Å². The van der Waals surface area contributed by atoms with Gasteiger partial charge in [-0.2, -0.15) is 0 Å². The van der Waals surface area contributed by atoms with Crippen molar-refractivity contribution in [1.29, 1.82) is 0 Å². The Labute approximate surface area is 147 Å². The maximum absolute atomic E-state index is 11.9. The normalized spacial score (nSPS) is 16.2. The summed E-state index contributed by atoms with van der Waals surface area (Å²) in [4.78, 5) is 14.3. The zero-order valence-corrected chi connectivity index (χ0v) is 14.8. The fraction of sp³-hybridized carbons (Fsp3) is 0.588. The second kappa shape index (κ2) is 8.26. The van der Waals surface area contributed by atoms with Crippen LogP contribution in [0.3, 0.4) is 0 Å². The van der Waals surface area contributed by atoms with E-state index in [0.717, 1.165) is 50.0 Å². The standard InChI is InChI=1S/C17H25N5O3/c1-13(18-16(23)6-11-24-2)17-20-19-15-5-7-21(8-9-22(15)17)12-14-4-3-10-25-14/h3-4,10,13H,5-9,11-12H2,1-2H3,(H,18,23). The summed E-state index contributed by atoms with van der Waals surface area (Å²) in [5, 5.41) is 11.6.